The molecule has 19 heavy (non-hydrogen) atoms. The van der Waals surface area contributed by atoms with Crippen LogP contribution in [0.15, 0.2) is 23.1 Å². The number of hydrogen-bond donors (Lipinski definition) is 1. The van der Waals surface area contributed by atoms with Gasteiger partial charge in [-0.05, 0) is 30.9 Å². The number of halogens is 2. The summed E-state index contributed by atoms with van der Waals surface area (Å²) in [5.41, 5.74) is 0. The van der Waals surface area contributed by atoms with Gasteiger partial charge >= 0.3 is 0 Å². The Labute approximate surface area is 123 Å². The van der Waals surface area contributed by atoms with Gasteiger partial charge in [0, 0.05) is 19.7 Å². The van der Waals surface area contributed by atoms with E-state index in [1.54, 1.807) is 6.07 Å². The smallest absolute Gasteiger partial charge is 0.246 e. The minimum absolute atomic E-state index is 0.0116. The summed E-state index contributed by atoms with van der Waals surface area (Å²) < 4.78 is 26.5. The lowest BCUT2D eigenvalue weighted by Crippen LogP contribution is -2.41. The predicted octanol–water partition coefficient (Wildman–Crippen LogP) is 2.39. The van der Waals surface area contributed by atoms with Crippen molar-refractivity contribution in [1.82, 2.24) is 4.31 Å². The minimum Gasteiger partial charge on any atom is -0.396 e. The molecule has 1 fully saturated rings. The van der Waals surface area contributed by atoms with Crippen molar-refractivity contribution in [1.29, 1.82) is 0 Å². The standard InChI is InChI=1S/C12H15Cl2NO3S/c13-10-4-1-5-11(14)12(10)19(17,18)15-6-2-3-9(7-15)8-16/h1,4-5,9,16H,2-3,6-8H2. The maximum atomic E-state index is 12.6. The second-order valence-corrected chi connectivity index (χ2v) is 7.29. The van der Waals surface area contributed by atoms with Gasteiger partial charge in [0.05, 0.1) is 10.0 Å². The Hall–Kier alpha value is -0.330. The van der Waals surface area contributed by atoms with Crippen LogP contribution in [0.4, 0.5) is 0 Å². The summed E-state index contributed by atoms with van der Waals surface area (Å²) in [4.78, 5) is -0.0445. The average molecular weight is 324 g/mol. The topological polar surface area (TPSA) is 57.6 Å². The first-order valence-corrected chi connectivity index (χ1v) is 8.21. The van der Waals surface area contributed by atoms with Crippen LogP contribution >= 0.6 is 23.2 Å². The first-order chi connectivity index (χ1) is 8.96. The van der Waals surface area contributed by atoms with Crippen LogP contribution in [-0.4, -0.2) is 37.5 Å². The van der Waals surface area contributed by atoms with Crippen molar-refractivity contribution >= 4 is 33.2 Å². The monoisotopic (exact) mass is 323 g/mol. The van der Waals surface area contributed by atoms with E-state index in [-0.39, 0.29) is 27.5 Å². The molecular formula is C12H15Cl2NO3S. The van der Waals surface area contributed by atoms with E-state index in [1.165, 1.54) is 16.4 Å². The number of aliphatic hydroxyl groups excluding tert-OH is 1. The molecule has 0 saturated carbocycles. The van der Waals surface area contributed by atoms with E-state index in [9.17, 15) is 13.5 Å². The molecule has 0 spiro atoms. The van der Waals surface area contributed by atoms with E-state index in [1.807, 2.05) is 0 Å². The number of hydrogen-bond acceptors (Lipinski definition) is 3. The van der Waals surface area contributed by atoms with Gasteiger partial charge in [-0.1, -0.05) is 29.3 Å². The van der Waals surface area contributed by atoms with E-state index >= 15 is 0 Å². The zero-order chi connectivity index (χ0) is 14.0. The zero-order valence-electron chi connectivity index (χ0n) is 10.2. The lowest BCUT2D eigenvalue weighted by molar-refractivity contribution is 0.165. The molecule has 0 aliphatic carbocycles. The van der Waals surface area contributed by atoms with Crippen LogP contribution < -0.4 is 0 Å². The molecule has 2 rings (SSSR count). The molecule has 1 aliphatic heterocycles. The first-order valence-electron chi connectivity index (χ1n) is 6.02. The zero-order valence-corrected chi connectivity index (χ0v) is 12.5. The molecule has 1 aliphatic rings. The van der Waals surface area contributed by atoms with Crippen molar-refractivity contribution in [2.75, 3.05) is 19.7 Å². The van der Waals surface area contributed by atoms with E-state index < -0.39 is 10.0 Å². The summed E-state index contributed by atoms with van der Waals surface area (Å²) in [5.74, 6) is -0.0233. The number of sulfonamides is 1. The summed E-state index contributed by atoms with van der Waals surface area (Å²) in [7, 11) is -3.71. The highest BCUT2D eigenvalue weighted by atomic mass is 35.5. The highest BCUT2D eigenvalue weighted by Crippen LogP contribution is 2.33. The van der Waals surface area contributed by atoms with Crippen LogP contribution in [0, 0.1) is 5.92 Å². The van der Waals surface area contributed by atoms with Crippen molar-refractivity contribution in [3.05, 3.63) is 28.2 Å². The molecule has 0 bridgehead atoms. The molecule has 1 atom stereocenters. The minimum atomic E-state index is -3.71. The third-order valence-corrected chi connectivity index (χ3v) is 6.08. The van der Waals surface area contributed by atoms with E-state index in [0.29, 0.717) is 13.1 Å². The molecule has 1 saturated heterocycles. The van der Waals surface area contributed by atoms with Gasteiger partial charge in [-0.3, -0.25) is 0 Å². The van der Waals surface area contributed by atoms with Gasteiger partial charge in [0.15, 0.2) is 0 Å². The molecule has 1 aromatic carbocycles. The second kappa shape index (κ2) is 5.97. The molecule has 1 aromatic rings. The Kier molecular flexibility index (Phi) is 4.74. The number of rotatable bonds is 3. The molecule has 106 valence electrons. The van der Waals surface area contributed by atoms with Gasteiger partial charge in [-0.2, -0.15) is 4.31 Å². The average Bonchev–Trinajstić information content (AvgIpc) is 2.38. The van der Waals surface area contributed by atoms with E-state index in [4.69, 9.17) is 23.2 Å². The van der Waals surface area contributed by atoms with Crippen molar-refractivity contribution < 1.29 is 13.5 Å². The predicted molar refractivity (Wildman–Crippen MR) is 75.0 cm³/mol. The quantitative estimate of drug-likeness (QED) is 0.929. The van der Waals surface area contributed by atoms with E-state index in [0.717, 1.165) is 12.8 Å². The molecule has 1 unspecified atom stereocenters. The highest BCUT2D eigenvalue weighted by molar-refractivity contribution is 7.89. The Balaban J connectivity index is 2.37. The van der Waals surface area contributed by atoms with Gasteiger partial charge in [0.1, 0.15) is 4.90 Å². The Morgan fingerprint density at radius 3 is 2.53 bits per heavy atom. The third kappa shape index (κ3) is 3.06. The molecule has 0 radical (unpaired) electrons. The van der Waals surface area contributed by atoms with Crippen LogP contribution in [0.25, 0.3) is 0 Å². The van der Waals surface area contributed by atoms with Crippen molar-refractivity contribution in [3.63, 3.8) is 0 Å². The SMILES string of the molecule is O=S(=O)(c1c(Cl)cccc1Cl)N1CCCC(CO)C1. The first kappa shape index (κ1) is 15.1. The molecule has 1 N–H and O–H groups in total. The second-order valence-electron chi connectivity index (χ2n) is 4.60. The van der Waals surface area contributed by atoms with Crippen LogP contribution in [0.2, 0.25) is 10.0 Å². The Bertz CT molecular complexity index is 542. The molecule has 0 aromatic heterocycles. The lowest BCUT2D eigenvalue weighted by Gasteiger charge is -2.31. The Morgan fingerprint density at radius 1 is 1.32 bits per heavy atom. The molecule has 4 nitrogen and oxygen atoms in total. The number of aliphatic hydroxyl groups is 1. The van der Waals surface area contributed by atoms with Crippen LogP contribution in [-0.2, 0) is 10.0 Å². The maximum Gasteiger partial charge on any atom is 0.246 e. The number of nitrogens with zero attached hydrogens (tertiary/aromatic N) is 1. The van der Waals surface area contributed by atoms with E-state index in [2.05, 4.69) is 0 Å². The summed E-state index contributed by atoms with van der Waals surface area (Å²) in [6, 6.07) is 4.62. The van der Waals surface area contributed by atoms with Gasteiger partial charge in [-0.15, -0.1) is 0 Å². The van der Waals surface area contributed by atoms with Crippen LogP contribution in [0.1, 0.15) is 12.8 Å². The molecule has 0 amide bonds. The van der Waals surface area contributed by atoms with Gasteiger partial charge in [0.2, 0.25) is 10.0 Å². The summed E-state index contributed by atoms with van der Waals surface area (Å²) in [5, 5.41) is 9.43. The fraction of sp³-hybridized carbons (Fsp3) is 0.500. The third-order valence-electron chi connectivity index (χ3n) is 3.26. The van der Waals surface area contributed by atoms with Gasteiger partial charge in [-0.25, -0.2) is 8.42 Å². The largest absolute Gasteiger partial charge is 0.396 e. The van der Waals surface area contributed by atoms with Crippen molar-refractivity contribution in [3.8, 4) is 0 Å². The Morgan fingerprint density at radius 2 is 1.95 bits per heavy atom. The van der Waals surface area contributed by atoms with Crippen LogP contribution in [0.5, 0.6) is 0 Å². The molecule has 1 heterocycles. The fourth-order valence-electron chi connectivity index (χ4n) is 2.25. The normalized spacial score (nSPS) is 21.5. The molecular weight excluding hydrogens is 309 g/mol. The van der Waals surface area contributed by atoms with Crippen molar-refractivity contribution in [2.45, 2.75) is 17.7 Å². The number of piperidine rings is 1. The highest BCUT2D eigenvalue weighted by Gasteiger charge is 2.32. The summed E-state index contributed by atoms with van der Waals surface area (Å²) >= 11 is 11.9. The maximum absolute atomic E-state index is 12.6. The summed E-state index contributed by atoms with van der Waals surface area (Å²) in [6.07, 6.45) is 1.56. The summed E-state index contributed by atoms with van der Waals surface area (Å²) in [6.45, 7) is 0.725. The van der Waals surface area contributed by atoms with Gasteiger partial charge in [0.25, 0.3) is 0 Å². The van der Waals surface area contributed by atoms with Crippen LogP contribution in [0.3, 0.4) is 0 Å². The lowest BCUT2D eigenvalue weighted by atomic mass is 10.0. The molecule has 7 heteroatoms. The number of benzene rings is 1. The van der Waals surface area contributed by atoms with Gasteiger partial charge < -0.3 is 5.11 Å². The van der Waals surface area contributed by atoms with Crippen molar-refractivity contribution in [2.24, 2.45) is 5.92 Å². The fourth-order valence-corrected chi connectivity index (χ4v) is 4.90.